The van der Waals surface area contributed by atoms with E-state index < -0.39 is 10.0 Å². The van der Waals surface area contributed by atoms with E-state index in [-0.39, 0.29) is 18.4 Å². The van der Waals surface area contributed by atoms with Crippen LogP contribution >= 0.6 is 11.3 Å². The van der Waals surface area contributed by atoms with Gasteiger partial charge in [0.2, 0.25) is 5.91 Å². The van der Waals surface area contributed by atoms with Crippen molar-refractivity contribution in [3.63, 3.8) is 0 Å². The van der Waals surface area contributed by atoms with Gasteiger partial charge in [-0.1, -0.05) is 6.42 Å². The average Bonchev–Trinajstić information content (AvgIpc) is 3.54. The molecule has 9 heteroatoms. The zero-order chi connectivity index (χ0) is 22.7. The summed E-state index contributed by atoms with van der Waals surface area (Å²) in [5, 5.41) is 0. The second kappa shape index (κ2) is 9.80. The maximum atomic E-state index is 13.2. The first-order valence-electron chi connectivity index (χ1n) is 11.0. The minimum absolute atomic E-state index is 0.00106. The fourth-order valence-electron chi connectivity index (χ4n) is 4.07. The number of methoxy groups -OCH3 is 2. The Kier molecular flexibility index (Phi) is 7.07. The number of rotatable bonds is 9. The highest BCUT2D eigenvalue weighted by molar-refractivity contribution is 7.91. The number of hydrogen-bond donors (Lipinski definition) is 0. The second-order valence-corrected chi connectivity index (χ2v) is 11.6. The lowest BCUT2D eigenvalue weighted by Gasteiger charge is -2.25. The standard InChI is InChI=1S/C23H30N2O5S2/c1-29-19-8-10-21(30-2)17(14-19)16-25(18-6-7-18)22(26)15-20-9-11-23(31-20)32(27,28)24-12-4-3-5-13-24/h8-11,14,18H,3-7,12-13,15-16H2,1-2H3. The van der Waals surface area contributed by atoms with Crippen molar-refractivity contribution in [2.45, 2.75) is 55.3 Å². The summed E-state index contributed by atoms with van der Waals surface area (Å²) in [6, 6.07) is 9.22. The monoisotopic (exact) mass is 478 g/mol. The van der Waals surface area contributed by atoms with Crippen LogP contribution in [0.25, 0.3) is 0 Å². The molecule has 0 bridgehead atoms. The van der Waals surface area contributed by atoms with E-state index in [2.05, 4.69) is 0 Å². The molecular weight excluding hydrogens is 448 g/mol. The van der Waals surface area contributed by atoms with E-state index >= 15 is 0 Å². The van der Waals surface area contributed by atoms with E-state index in [1.165, 1.54) is 11.3 Å². The third-order valence-electron chi connectivity index (χ3n) is 6.01. The van der Waals surface area contributed by atoms with Crippen LogP contribution in [0.4, 0.5) is 0 Å². The topological polar surface area (TPSA) is 76.1 Å². The fraction of sp³-hybridized carbons (Fsp3) is 0.522. The number of ether oxygens (including phenoxy) is 2. The van der Waals surface area contributed by atoms with Crippen molar-refractivity contribution in [2.75, 3.05) is 27.3 Å². The highest BCUT2D eigenvalue weighted by Crippen LogP contribution is 2.33. The first-order valence-corrected chi connectivity index (χ1v) is 13.3. The van der Waals surface area contributed by atoms with Crippen molar-refractivity contribution in [1.82, 2.24) is 9.21 Å². The zero-order valence-electron chi connectivity index (χ0n) is 18.6. The molecule has 1 aliphatic heterocycles. The van der Waals surface area contributed by atoms with Crippen molar-refractivity contribution >= 4 is 27.3 Å². The summed E-state index contributed by atoms with van der Waals surface area (Å²) in [6.45, 7) is 1.59. The molecule has 2 aromatic rings. The summed E-state index contributed by atoms with van der Waals surface area (Å²) in [6.07, 6.45) is 5.04. The molecule has 7 nitrogen and oxygen atoms in total. The van der Waals surface area contributed by atoms with E-state index in [4.69, 9.17) is 9.47 Å². The van der Waals surface area contributed by atoms with Gasteiger partial charge >= 0.3 is 0 Å². The number of nitrogens with zero attached hydrogens (tertiary/aromatic N) is 2. The molecule has 0 spiro atoms. The average molecular weight is 479 g/mol. The molecule has 32 heavy (non-hydrogen) atoms. The molecule has 1 aromatic carbocycles. The Balaban J connectivity index is 1.48. The number of hydrogen-bond acceptors (Lipinski definition) is 6. The number of carbonyl (C=O) groups is 1. The lowest BCUT2D eigenvalue weighted by Crippen LogP contribution is -2.35. The molecule has 0 atom stereocenters. The first kappa shape index (κ1) is 23.1. The molecule has 2 aliphatic rings. The van der Waals surface area contributed by atoms with Crippen molar-refractivity contribution in [1.29, 1.82) is 0 Å². The molecule has 0 N–H and O–H groups in total. The van der Waals surface area contributed by atoms with Gasteiger partial charge in [0.15, 0.2) is 0 Å². The van der Waals surface area contributed by atoms with Gasteiger partial charge < -0.3 is 14.4 Å². The summed E-state index contributed by atoms with van der Waals surface area (Å²) < 4.78 is 38.6. The number of sulfonamides is 1. The maximum absolute atomic E-state index is 13.2. The van der Waals surface area contributed by atoms with Gasteiger partial charge in [-0.25, -0.2) is 8.42 Å². The molecule has 0 radical (unpaired) electrons. The third kappa shape index (κ3) is 5.10. The summed E-state index contributed by atoms with van der Waals surface area (Å²) in [5.41, 5.74) is 0.895. The minimum Gasteiger partial charge on any atom is -0.497 e. The Morgan fingerprint density at radius 1 is 1.09 bits per heavy atom. The van der Waals surface area contributed by atoms with Gasteiger partial charge in [-0.2, -0.15) is 4.31 Å². The summed E-state index contributed by atoms with van der Waals surface area (Å²) in [5.74, 6) is 1.44. The molecule has 1 saturated heterocycles. The molecule has 174 valence electrons. The summed E-state index contributed by atoms with van der Waals surface area (Å²) in [4.78, 5) is 15.9. The van der Waals surface area contributed by atoms with Crippen LogP contribution in [-0.4, -0.2) is 56.9 Å². The van der Waals surface area contributed by atoms with Crippen molar-refractivity contribution in [2.24, 2.45) is 0 Å². The van der Waals surface area contributed by atoms with Crippen LogP contribution in [0.3, 0.4) is 0 Å². The maximum Gasteiger partial charge on any atom is 0.252 e. The Bertz CT molecular complexity index is 1060. The number of amides is 1. The highest BCUT2D eigenvalue weighted by atomic mass is 32.2. The van der Waals surface area contributed by atoms with Gasteiger partial charge in [0.25, 0.3) is 10.0 Å². The molecule has 1 saturated carbocycles. The smallest absolute Gasteiger partial charge is 0.252 e. The third-order valence-corrected chi connectivity index (χ3v) is 9.46. The number of thiophene rings is 1. The van der Waals surface area contributed by atoms with Gasteiger partial charge in [-0.15, -0.1) is 11.3 Å². The van der Waals surface area contributed by atoms with Gasteiger partial charge in [-0.05, 0) is 56.0 Å². The predicted octanol–water partition coefficient (Wildman–Crippen LogP) is 3.67. The van der Waals surface area contributed by atoms with Crippen LogP contribution in [0.2, 0.25) is 0 Å². The van der Waals surface area contributed by atoms with Crippen LogP contribution in [-0.2, 0) is 27.8 Å². The number of carbonyl (C=O) groups excluding carboxylic acids is 1. The molecule has 1 aliphatic carbocycles. The first-order chi connectivity index (χ1) is 15.4. The van der Waals surface area contributed by atoms with Crippen molar-refractivity contribution in [3.05, 3.63) is 40.8 Å². The molecule has 2 heterocycles. The van der Waals surface area contributed by atoms with Gasteiger partial charge in [0.05, 0.1) is 20.6 Å². The lowest BCUT2D eigenvalue weighted by molar-refractivity contribution is -0.131. The normalized spacial score (nSPS) is 17.2. The van der Waals surface area contributed by atoms with Gasteiger partial charge in [-0.3, -0.25) is 4.79 Å². The van der Waals surface area contributed by atoms with Crippen LogP contribution in [0.5, 0.6) is 11.5 Å². The molecule has 0 unspecified atom stereocenters. The van der Waals surface area contributed by atoms with Gasteiger partial charge in [0, 0.05) is 36.1 Å². The van der Waals surface area contributed by atoms with Crippen LogP contribution < -0.4 is 9.47 Å². The Morgan fingerprint density at radius 2 is 1.84 bits per heavy atom. The zero-order valence-corrected chi connectivity index (χ0v) is 20.2. The van der Waals surface area contributed by atoms with Crippen molar-refractivity contribution in [3.8, 4) is 11.5 Å². The fourth-order valence-corrected chi connectivity index (χ4v) is 7.09. The minimum atomic E-state index is -3.47. The molecule has 1 amide bonds. The van der Waals surface area contributed by atoms with Crippen LogP contribution in [0, 0.1) is 0 Å². The Morgan fingerprint density at radius 3 is 2.50 bits per heavy atom. The van der Waals surface area contributed by atoms with E-state index in [1.54, 1.807) is 30.7 Å². The van der Waals surface area contributed by atoms with Crippen LogP contribution in [0.1, 0.15) is 42.5 Å². The highest BCUT2D eigenvalue weighted by Gasteiger charge is 2.34. The second-order valence-electron chi connectivity index (χ2n) is 8.29. The Labute approximate surface area is 194 Å². The summed E-state index contributed by atoms with van der Waals surface area (Å²) >= 11 is 1.21. The molecule has 1 aromatic heterocycles. The van der Waals surface area contributed by atoms with E-state index in [0.717, 1.165) is 54.0 Å². The Hall–Kier alpha value is -2.10. The van der Waals surface area contributed by atoms with E-state index in [1.807, 2.05) is 23.1 Å². The summed E-state index contributed by atoms with van der Waals surface area (Å²) in [7, 11) is -0.242. The van der Waals surface area contributed by atoms with E-state index in [0.29, 0.717) is 23.8 Å². The quantitative estimate of drug-likeness (QED) is 0.550. The lowest BCUT2D eigenvalue weighted by atomic mass is 10.1. The number of piperidine rings is 1. The van der Waals surface area contributed by atoms with E-state index in [9.17, 15) is 13.2 Å². The van der Waals surface area contributed by atoms with Crippen molar-refractivity contribution < 1.29 is 22.7 Å². The molecular formula is C23H30N2O5S2. The molecule has 4 rings (SSSR count). The molecule has 2 fully saturated rings. The number of benzene rings is 1. The largest absolute Gasteiger partial charge is 0.497 e. The van der Waals surface area contributed by atoms with Crippen LogP contribution in [0.15, 0.2) is 34.5 Å². The SMILES string of the molecule is COc1ccc(OC)c(CN(C(=O)Cc2ccc(S(=O)(=O)N3CCCCC3)s2)C2CC2)c1. The van der Waals surface area contributed by atoms with Gasteiger partial charge in [0.1, 0.15) is 15.7 Å². The predicted molar refractivity (Wildman–Crippen MR) is 124 cm³/mol.